The molecule has 6 nitrogen and oxygen atoms in total. The number of furan rings is 1. The Bertz CT molecular complexity index is 1100. The van der Waals surface area contributed by atoms with E-state index in [-0.39, 0.29) is 11.4 Å². The number of nitro benzene ring substituents is 1. The Labute approximate surface area is 178 Å². The van der Waals surface area contributed by atoms with Gasteiger partial charge in [-0.2, -0.15) is 0 Å². The predicted octanol–water partition coefficient (Wildman–Crippen LogP) is 7.21. The number of rotatable bonds is 5. The van der Waals surface area contributed by atoms with Gasteiger partial charge < -0.3 is 8.94 Å². The molecule has 0 aliphatic rings. The van der Waals surface area contributed by atoms with Crippen LogP contribution in [0.2, 0.25) is 0 Å². The van der Waals surface area contributed by atoms with E-state index in [9.17, 15) is 10.1 Å². The number of benzene rings is 2. The van der Waals surface area contributed by atoms with Crippen molar-refractivity contribution in [2.75, 3.05) is 0 Å². The van der Waals surface area contributed by atoms with E-state index in [1.807, 2.05) is 64.1 Å². The third-order valence-corrected chi connectivity index (χ3v) is 8.42. The van der Waals surface area contributed by atoms with Gasteiger partial charge in [-0.25, -0.2) is 4.74 Å². The molecular formula is C21H22BrN2O4P. The van der Waals surface area contributed by atoms with Crippen molar-refractivity contribution in [1.29, 1.82) is 0 Å². The molecule has 0 saturated carbocycles. The maximum absolute atomic E-state index is 11.6. The van der Waals surface area contributed by atoms with E-state index in [1.54, 1.807) is 18.2 Å². The molecule has 0 amide bonds. The molecule has 3 rings (SSSR count). The monoisotopic (exact) mass is 476 g/mol. The second kappa shape index (κ2) is 8.17. The maximum Gasteiger partial charge on any atom is 0.294 e. The molecule has 0 spiro atoms. The number of aryl methyl sites for hydroxylation is 1. The van der Waals surface area contributed by atoms with E-state index in [0.717, 1.165) is 10.2 Å². The summed E-state index contributed by atoms with van der Waals surface area (Å²) in [4.78, 5) is 11.2. The number of halogens is 1. The average Bonchev–Trinajstić information content (AvgIpc) is 3.07. The van der Waals surface area contributed by atoms with Crippen LogP contribution < -0.4 is 10.0 Å². The molecular weight excluding hydrogens is 455 g/mol. The zero-order valence-electron chi connectivity index (χ0n) is 16.6. The molecule has 0 unspecified atom stereocenters. The normalized spacial score (nSPS) is 13.6. The summed E-state index contributed by atoms with van der Waals surface area (Å²) in [7, 11) is -2.91. The second-order valence-corrected chi connectivity index (χ2v) is 11.8. The van der Waals surface area contributed by atoms with Crippen molar-refractivity contribution in [1.82, 2.24) is 0 Å². The largest absolute Gasteiger partial charge is 0.457 e. The standard InChI is InChI=1S/C21H22BrN2O4P/c1-15-12-13-20(27-15)29(21(2,3)4,28-17-9-7-8-16(22)14-17)23-18-10-5-6-11-19(18)24(25)26/h5-14H,1-4H3/t29-/m0/s1. The lowest BCUT2D eigenvalue weighted by Crippen LogP contribution is -2.26. The van der Waals surface area contributed by atoms with Crippen LogP contribution in [0.5, 0.6) is 5.75 Å². The van der Waals surface area contributed by atoms with Crippen LogP contribution in [0.4, 0.5) is 11.4 Å². The second-order valence-electron chi connectivity index (χ2n) is 7.53. The van der Waals surface area contributed by atoms with Gasteiger partial charge in [0, 0.05) is 15.7 Å². The number of nitrogens with zero attached hydrogens (tertiary/aromatic N) is 2. The number of para-hydroxylation sites is 1. The molecule has 1 atom stereocenters. The van der Waals surface area contributed by atoms with Gasteiger partial charge in [0.25, 0.3) is 5.69 Å². The summed E-state index contributed by atoms with van der Waals surface area (Å²) in [6.45, 7) is 7.88. The number of hydrogen-bond acceptors (Lipinski definition) is 5. The minimum atomic E-state index is -2.91. The van der Waals surface area contributed by atoms with E-state index in [2.05, 4.69) is 15.9 Å². The fourth-order valence-corrected chi connectivity index (χ4v) is 6.13. The van der Waals surface area contributed by atoms with Gasteiger partial charge in [0.15, 0.2) is 5.50 Å². The highest BCUT2D eigenvalue weighted by Crippen LogP contribution is 2.62. The lowest BCUT2D eigenvalue weighted by atomic mass is 10.3. The van der Waals surface area contributed by atoms with Crippen molar-refractivity contribution in [2.24, 2.45) is 4.74 Å². The van der Waals surface area contributed by atoms with Crippen molar-refractivity contribution in [3.05, 3.63) is 81.0 Å². The third-order valence-electron chi connectivity index (χ3n) is 4.29. The minimum Gasteiger partial charge on any atom is -0.457 e. The molecule has 152 valence electrons. The molecule has 0 radical (unpaired) electrons. The third kappa shape index (κ3) is 4.46. The molecule has 0 N–H and O–H groups in total. The summed E-state index contributed by atoms with van der Waals surface area (Å²) >= 11 is 3.47. The molecule has 29 heavy (non-hydrogen) atoms. The molecule has 0 fully saturated rings. The van der Waals surface area contributed by atoms with Crippen LogP contribution in [0.15, 0.2) is 74.3 Å². The first-order valence-corrected chi connectivity index (χ1v) is 11.5. The first kappa shape index (κ1) is 21.3. The van der Waals surface area contributed by atoms with Gasteiger partial charge in [0.2, 0.25) is 7.28 Å². The first-order valence-electron chi connectivity index (χ1n) is 9.00. The molecule has 3 aromatic rings. The summed E-state index contributed by atoms with van der Waals surface area (Å²) in [5.41, 5.74) is 0.785. The highest BCUT2D eigenvalue weighted by Gasteiger charge is 2.42. The Kier molecular flexibility index (Phi) is 6.01. The Balaban J connectivity index is 2.35. The molecule has 8 heteroatoms. The SMILES string of the molecule is Cc1ccc([P@](=Nc2ccccc2[N+](=O)[O-])(Oc2cccc(Br)c2)C(C)(C)C)o1. The van der Waals surface area contributed by atoms with Crippen LogP contribution in [0.25, 0.3) is 0 Å². The molecule has 1 heterocycles. The summed E-state index contributed by atoms with van der Waals surface area (Å²) in [5, 5.41) is 11.1. The van der Waals surface area contributed by atoms with E-state index < -0.39 is 17.4 Å². The molecule has 2 aromatic carbocycles. The van der Waals surface area contributed by atoms with Crippen molar-refractivity contribution < 1.29 is 13.9 Å². The zero-order chi connectivity index (χ0) is 21.2. The zero-order valence-corrected chi connectivity index (χ0v) is 19.1. The molecule has 0 aliphatic carbocycles. The molecule has 1 aromatic heterocycles. The van der Waals surface area contributed by atoms with Gasteiger partial charge >= 0.3 is 0 Å². The van der Waals surface area contributed by atoms with Crippen molar-refractivity contribution in [3.63, 3.8) is 0 Å². The predicted molar refractivity (Wildman–Crippen MR) is 120 cm³/mol. The van der Waals surface area contributed by atoms with Crippen LogP contribution in [-0.2, 0) is 0 Å². The van der Waals surface area contributed by atoms with E-state index in [1.165, 1.54) is 6.07 Å². The lowest BCUT2D eigenvalue weighted by Gasteiger charge is -2.35. The Morgan fingerprint density at radius 1 is 1.10 bits per heavy atom. The smallest absolute Gasteiger partial charge is 0.294 e. The van der Waals surface area contributed by atoms with Crippen molar-refractivity contribution >= 4 is 40.1 Å². The van der Waals surface area contributed by atoms with E-state index in [0.29, 0.717) is 11.3 Å². The van der Waals surface area contributed by atoms with Crippen LogP contribution in [0.3, 0.4) is 0 Å². The van der Waals surface area contributed by atoms with Crippen LogP contribution in [-0.4, -0.2) is 10.1 Å². The average molecular weight is 477 g/mol. The van der Waals surface area contributed by atoms with Crippen LogP contribution in [0, 0.1) is 17.0 Å². The summed E-state index contributed by atoms with van der Waals surface area (Å²) in [6.07, 6.45) is 0. The number of nitro groups is 1. The maximum atomic E-state index is 11.6. The topological polar surface area (TPSA) is 77.9 Å². The molecule has 0 aliphatic heterocycles. The summed E-state index contributed by atoms with van der Waals surface area (Å²) in [6, 6.07) is 17.6. The Morgan fingerprint density at radius 3 is 2.41 bits per heavy atom. The minimum absolute atomic E-state index is 0.0674. The quantitative estimate of drug-likeness (QED) is 0.221. The van der Waals surface area contributed by atoms with E-state index in [4.69, 9.17) is 13.7 Å². The highest BCUT2D eigenvalue weighted by molar-refractivity contribution is 9.10. The van der Waals surface area contributed by atoms with Crippen LogP contribution in [0.1, 0.15) is 26.5 Å². The van der Waals surface area contributed by atoms with Gasteiger partial charge in [-0.15, -0.1) is 0 Å². The van der Waals surface area contributed by atoms with E-state index >= 15 is 0 Å². The van der Waals surface area contributed by atoms with Gasteiger partial charge in [0.1, 0.15) is 17.2 Å². The van der Waals surface area contributed by atoms with Gasteiger partial charge in [0.05, 0.1) is 4.92 Å². The van der Waals surface area contributed by atoms with Gasteiger partial charge in [-0.1, -0.05) is 54.9 Å². The Hall–Kier alpha value is -2.37. The molecule has 0 saturated heterocycles. The number of hydrogen-bond donors (Lipinski definition) is 0. The fourth-order valence-electron chi connectivity index (χ4n) is 2.85. The first-order chi connectivity index (χ1) is 13.6. The van der Waals surface area contributed by atoms with Crippen molar-refractivity contribution in [3.8, 4) is 5.75 Å². The highest BCUT2D eigenvalue weighted by atomic mass is 79.9. The summed E-state index contributed by atoms with van der Waals surface area (Å²) in [5.74, 6) is 1.34. The fraction of sp³-hybridized carbons (Fsp3) is 0.238. The lowest BCUT2D eigenvalue weighted by molar-refractivity contribution is -0.384. The van der Waals surface area contributed by atoms with Gasteiger partial charge in [-0.3, -0.25) is 10.1 Å². The molecule has 0 bridgehead atoms. The van der Waals surface area contributed by atoms with Gasteiger partial charge in [-0.05, 0) is 43.3 Å². The van der Waals surface area contributed by atoms with Crippen molar-refractivity contribution in [2.45, 2.75) is 32.9 Å². The summed E-state index contributed by atoms with van der Waals surface area (Å²) < 4.78 is 18.4. The Morgan fingerprint density at radius 2 is 1.83 bits per heavy atom. The van der Waals surface area contributed by atoms with Crippen LogP contribution >= 0.6 is 23.2 Å².